The fourth-order valence-corrected chi connectivity index (χ4v) is 3.97. The Morgan fingerprint density at radius 3 is 2.74 bits per heavy atom. The van der Waals surface area contributed by atoms with Crippen LogP contribution in [0.3, 0.4) is 0 Å². The van der Waals surface area contributed by atoms with Crippen LogP contribution in [0.25, 0.3) is 21.6 Å². The number of carbonyl (C=O) groups is 2. The van der Waals surface area contributed by atoms with Crippen molar-refractivity contribution in [2.24, 2.45) is 0 Å². The number of nitrogens with one attached hydrogen (secondary N) is 2. The van der Waals surface area contributed by atoms with E-state index in [1.807, 2.05) is 48.7 Å². The van der Waals surface area contributed by atoms with Gasteiger partial charge in [-0.2, -0.15) is 0 Å². The molecule has 2 aromatic heterocycles. The lowest BCUT2D eigenvalue weighted by atomic mass is 10.2. The van der Waals surface area contributed by atoms with Gasteiger partial charge in [-0.3, -0.25) is 9.59 Å². The summed E-state index contributed by atoms with van der Waals surface area (Å²) in [5.74, 6) is 0.430. The molecule has 0 spiro atoms. The Bertz CT molecular complexity index is 944. The lowest BCUT2D eigenvalue weighted by molar-refractivity contribution is -0.127. The van der Waals surface area contributed by atoms with Gasteiger partial charge in [0.25, 0.3) is 0 Å². The molecule has 27 heavy (non-hydrogen) atoms. The van der Waals surface area contributed by atoms with E-state index in [0.29, 0.717) is 12.4 Å². The highest BCUT2D eigenvalue weighted by molar-refractivity contribution is 8.00. The number of thiophene rings is 1. The van der Waals surface area contributed by atoms with E-state index in [1.54, 1.807) is 18.3 Å². The molecule has 2 N–H and O–H groups in total. The summed E-state index contributed by atoms with van der Waals surface area (Å²) in [5, 5.41) is 9.05. The number of amides is 2. The van der Waals surface area contributed by atoms with Crippen molar-refractivity contribution in [2.75, 3.05) is 12.3 Å². The first-order chi connectivity index (χ1) is 13.1. The lowest BCUT2D eigenvalue weighted by Gasteiger charge is -2.13. The van der Waals surface area contributed by atoms with Crippen molar-refractivity contribution in [1.82, 2.24) is 20.6 Å². The third kappa shape index (κ3) is 4.84. The summed E-state index contributed by atoms with van der Waals surface area (Å²) < 4.78 is 0. The predicted octanol–water partition coefficient (Wildman–Crippen LogP) is 3.09. The molecule has 8 heteroatoms. The van der Waals surface area contributed by atoms with E-state index in [-0.39, 0.29) is 17.6 Å². The van der Waals surface area contributed by atoms with Gasteiger partial charge in [-0.15, -0.1) is 11.3 Å². The van der Waals surface area contributed by atoms with Gasteiger partial charge in [0, 0.05) is 11.9 Å². The molecule has 140 valence electrons. The molecule has 0 unspecified atom stereocenters. The van der Waals surface area contributed by atoms with Crippen molar-refractivity contribution in [3.05, 3.63) is 41.8 Å². The van der Waals surface area contributed by atoms with E-state index in [4.69, 9.17) is 0 Å². The molecule has 2 amide bonds. The number of para-hydroxylation sites is 1. The molecule has 0 saturated heterocycles. The second kappa shape index (κ2) is 8.96. The number of carbonyl (C=O) groups excluding carboxylic acids is 2. The molecule has 1 atom stereocenters. The molecule has 6 nitrogen and oxygen atoms in total. The lowest BCUT2D eigenvalue weighted by Crippen LogP contribution is -2.45. The number of hydrogen-bond acceptors (Lipinski definition) is 6. The van der Waals surface area contributed by atoms with Crippen LogP contribution in [0, 0.1) is 0 Å². The molecule has 0 radical (unpaired) electrons. The smallest absolute Gasteiger partial charge is 0.242 e. The molecule has 0 aliphatic rings. The fourth-order valence-electron chi connectivity index (χ4n) is 2.48. The summed E-state index contributed by atoms with van der Waals surface area (Å²) in [6, 6.07) is 11.1. The molecule has 0 fully saturated rings. The van der Waals surface area contributed by atoms with Crippen molar-refractivity contribution >= 4 is 45.8 Å². The van der Waals surface area contributed by atoms with Crippen LogP contribution in [0.1, 0.15) is 13.8 Å². The van der Waals surface area contributed by atoms with E-state index in [9.17, 15) is 9.59 Å². The second-order valence-corrected chi connectivity index (χ2v) is 7.73. The first-order valence-electron chi connectivity index (χ1n) is 8.59. The number of benzene rings is 1. The molecular formula is C19H20N4O2S2. The van der Waals surface area contributed by atoms with Gasteiger partial charge in [-0.1, -0.05) is 36.0 Å². The van der Waals surface area contributed by atoms with Gasteiger partial charge in [-0.25, -0.2) is 9.97 Å². The summed E-state index contributed by atoms with van der Waals surface area (Å²) in [4.78, 5) is 34.3. The van der Waals surface area contributed by atoms with Crippen LogP contribution in [-0.2, 0) is 9.59 Å². The van der Waals surface area contributed by atoms with Crippen molar-refractivity contribution in [3.8, 4) is 10.7 Å². The number of nitrogens with zero attached hydrogens (tertiary/aromatic N) is 2. The van der Waals surface area contributed by atoms with Crippen LogP contribution < -0.4 is 10.6 Å². The molecule has 1 aromatic carbocycles. The monoisotopic (exact) mass is 400 g/mol. The van der Waals surface area contributed by atoms with Crippen molar-refractivity contribution < 1.29 is 9.59 Å². The number of rotatable bonds is 7. The van der Waals surface area contributed by atoms with Gasteiger partial charge in [0.15, 0.2) is 5.82 Å². The molecule has 0 aliphatic heterocycles. The SMILES string of the molecule is CCNC(=O)[C@@H](C)NC(=O)CSc1nc(-c2cccs2)nc2ccccc12. The largest absolute Gasteiger partial charge is 0.355 e. The second-order valence-electron chi connectivity index (χ2n) is 5.82. The third-order valence-corrected chi connectivity index (χ3v) is 5.63. The Kier molecular flexibility index (Phi) is 6.41. The maximum absolute atomic E-state index is 12.2. The Hall–Kier alpha value is -2.45. The Balaban J connectivity index is 1.76. The number of thioether (sulfide) groups is 1. The average molecular weight is 401 g/mol. The van der Waals surface area contributed by atoms with Crippen LogP contribution in [0.2, 0.25) is 0 Å². The minimum Gasteiger partial charge on any atom is -0.355 e. The highest BCUT2D eigenvalue weighted by Gasteiger charge is 2.16. The van der Waals surface area contributed by atoms with Crippen molar-refractivity contribution in [1.29, 1.82) is 0 Å². The van der Waals surface area contributed by atoms with Crippen LogP contribution in [0.4, 0.5) is 0 Å². The minimum absolute atomic E-state index is 0.175. The quantitative estimate of drug-likeness (QED) is 0.470. The van der Waals surface area contributed by atoms with Crippen molar-refractivity contribution in [3.63, 3.8) is 0 Å². The van der Waals surface area contributed by atoms with E-state index >= 15 is 0 Å². The topological polar surface area (TPSA) is 84.0 Å². The summed E-state index contributed by atoms with van der Waals surface area (Å²) in [5.41, 5.74) is 0.842. The highest BCUT2D eigenvalue weighted by Crippen LogP contribution is 2.29. The predicted molar refractivity (Wildman–Crippen MR) is 110 cm³/mol. The van der Waals surface area contributed by atoms with Crippen molar-refractivity contribution in [2.45, 2.75) is 24.9 Å². The van der Waals surface area contributed by atoms with Crippen LogP contribution in [0.15, 0.2) is 46.8 Å². The molecule has 0 bridgehead atoms. The Morgan fingerprint density at radius 1 is 1.19 bits per heavy atom. The number of aromatic nitrogens is 2. The summed E-state index contributed by atoms with van der Waals surface area (Å²) >= 11 is 2.92. The summed E-state index contributed by atoms with van der Waals surface area (Å²) in [7, 11) is 0. The number of fused-ring (bicyclic) bond motifs is 1. The molecule has 2 heterocycles. The standard InChI is InChI=1S/C19H20N4O2S2/c1-3-20-18(25)12(2)21-16(24)11-27-19-13-7-4-5-8-14(13)22-17(23-19)15-9-6-10-26-15/h4-10,12H,3,11H2,1-2H3,(H,20,25)(H,21,24)/t12-/m1/s1. The summed E-state index contributed by atoms with van der Waals surface area (Å²) in [6.45, 7) is 4.04. The van der Waals surface area contributed by atoms with Crippen LogP contribution >= 0.6 is 23.1 Å². The Morgan fingerprint density at radius 2 is 2.00 bits per heavy atom. The molecule has 0 saturated carbocycles. The minimum atomic E-state index is -0.568. The zero-order chi connectivity index (χ0) is 19.2. The average Bonchev–Trinajstić information content (AvgIpc) is 3.21. The molecule has 3 rings (SSSR count). The van der Waals surface area contributed by atoms with Crippen LogP contribution in [-0.4, -0.2) is 40.1 Å². The molecular weight excluding hydrogens is 380 g/mol. The van der Waals surface area contributed by atoms with Gasteiger partial charge >= 0.3 is 0 Å². The van der Waals surface area contributed by atoms with Crippen LogP contribution in [0.5, 0.6) is 0 Å². The number of hydrogen-bond donors (Lipinski definition) is 2. The van der Waals surface area contributed by atoms with E-state index in [0.717, 1.165) is 20.8 Å². The molecule has 3 aromatic rings. The maximum Gasteiger partial charge on any atom is 0.242 e. The molecule has 0 aliphatic carbocycles. The van der Waals surface area contributed by atoms with E-state index in [2.05, 4.69) is 20.6 Å². The van der Waals surface area contributed by atoms with Gasteiger partial charge in [0.1, 0.15) is 11.1 Å². The van der Waals surface area contributed by atoms with Gasteiger partial charge in [0.05, 0.1) is 16.1 Å². The zero-order valence-electron chi connectivity index (χ0n) is 15.1. The Labute approximate surface area is 165 Å². The first-order valence-corrected chi connectivity index (χ1v) is 10.5. The number of likely N-dealkylation sites (N-methyl/N-ethyl adjacent to an activating group) is 1. The fraction of sp³-hybridized carbons (Fsp3) is 0.263. The van der Waals surface area contributed by atoms with E-state index < -0.39 is 6.04 Å². The highest BCUT2D eigenvalue weighted by atomic mass is 32.2. The first kappa shape index (κ1) is 19.3. The normalized spacial score (nSPS) is 11.9. The summed E-state index contributed by atoms with van der Waals surface area (Å²) in [6.07, 6.45) is 0. The van der Waals surface area contributed by atoms with Gasteiger partial charge < -0.3 is 10.6 Å². The third-order valence-electron chi connectivity index (χ3n) is 3.77. The maximum atomic E-state index is 12.2. The van der Waals surface area contributed by atoms with E-state index in [1.165, 1.54) is 11.8 Å². The zero-order valence-corrected chi connectivity index (χ0v) is 16.7. The van der Waals surface area contributed by atoms with Gasteiger partial charge in [-0.05, 0) is 31.4 Å². The van der Waals surface area contributed by atoms with Gasteiger partial charge in [0.2, 0.25) is 11.8 Å².